The standard InChI is InChI=1S/C21H28N2O4S/c1-6-27-20-9-7-8-18(13-20)14-22-21(24)17(4)23(28(5,25)26)19-11-15(2)10-16(3)12-19/h7-13,17H,6,14H2,1-5H3,(H,22,24)/t17-/m1/s1. The van der Waals surface area contributed by atoms with Gasteiger partial charge < -0.3 is 10.1 Å². The molecule has 6 nitrogen and oxygen atoms in total. The first-order valence-electron chi connectivity index (χ1n) is 9.19. The third-order valence-electron chi connectivity index (χ3n) is 4.23. The molecule has 0 radical (unpaired) electrons. The van der Waals surface area contributed by atoms with E-state index in [9.17, 15) is 13.2 Å². The maximum Gasteiger partial charge on any atom is 0.243 e. The van der Waals surface area contributed by atoms with Crippen molar-refractivity contribution >= 4 is 21.6 Å². The van der Waals surface area contributed by atoms with E-state index in [2.05, 4.69) is 5.32 Å². The maximum atomic E-state index is 12.7. The number of nitrogens with one attached hydrogen (secondary N) is 1. The van der Waals surface area contributed by atoms with Gasteiger partial charge in [-0.1, -0.05) is 18.2 Å². The zero-order chi connectivity index (χ0) is 20.9. The second kappa shape index (κ2) is 9.10. The van der Waals surface area contributed by atoms with Gasteiger partial charge in [0.2, 0.25) is 15.9 Å². The van der Waals surface area contributed by atoms with E-state index in [0.717, 1.165) is 28.7 Å². The van der Waals surface area contributed by atoms with Crippen molar-refractivity contribution in [3.8, 4) is 5.75 Å². The number of amides is 1. The van der Waals surface area contributed by atoms with Crippen LogP contribution in [0.5, 0.6) is 5.75 Å². The van der Waals surface area contributed by atoms with Crippen LogP contribution in [0.4, 0.5) is 5.69 Å². The smallest absolute Gasteiger partial charge is 0.243 e. The molecule has 2 aromatic carbocycles. The Hall–Kier alpha value is -2.54. The van der Waals surface area contributed by atoms with Gasteiger partial charge in [-0.25, -0.2) is 8.42 Å². The van der Waals surface area contributed by atoms with E-state index in [0.29, 0.717) is 12.3 Å². The molecule has 1 atom stereocenters. The number of nitrogens with zero attached hydrogens (tertiary/aromatic N) is 1. The Balaban J connectivity index is 2.19. The molecular weight excluding hydrogens is 376 g/mol. The average Bonchev–Trinajstić information content (AvgIpc) is 2.58. The van der Waals surface area contributed by atoms with E-state index in [-0.39, 0.29) is 12.5 Å². The number of hydrogen-bond donors (Lipinski definition) is 1. The van der Waals surface area contributed by atoms with Crippen LogP contribution in [0.15, 0.2) is 42.5 Å². The Bertz CT molecular complexity index is 921. The predicted octanol–water partition coefficient (Wildman–Crippen LogP) is 3.17. The summed E-state index contributed by atoms with van der Waals surface area (Å²) in [6.07, 6.45) is 1.11. The molecule has 0 heterocycles. The highest BCUT2D eigenvalue weighted by Crippen LogP contribution is 2.24. The Labute approximate surface area is 167 Å². The number of hydrogen-bond acceptors (Lipinski definition) is 4. The van der Waals surface area contributed by atoms with Crippen molar-refractivity contribution in [2.45, 2.75) is 40.3 Å². The second-order valence-electron chi connectivity index (χ2n) is 6.88. The lowest BCUT2D eigenvalue weighted by Gasteiger charge is -2.28. The van der Waals surface area contributed by atoms with Crippen molar-refractivity contribution in [2.24, 2.45) is 0 Å². The lowest BCUT2D eigenvalue weighted by atomic mass is 10.1. The lowest BCUT2D eigenvalue weighted by molar-refractivity contribution is -0.122. The maximum absolute atomic E-state index is 12.7. The molecule has 2 aromatic rings. The summed E-state index contributed by atoms with van der Waals surface area (Å²) in [5.41, 5.74) is 3.23. The number of carbonyl (C=O) groups is 1. The molecule has 0 spiro atoms. The Morgan fingerprint density at radius 2 is 1.79 bits per heavy atom. The SMILES string of the molecule is CCOc1cccc(CNC(=O)[C@@H](C)N(c2cc(C)cc(C)c2)S(C)(=O)=O)c1. The van der Waals surface area contributed by atoms with Crippen molar-refractivity contribution in [3.05, 3.63) is 59.2 Å². The fourth-order valence-corrected chi connectivity index (χ4v) is 4.29. The molecule has 7 heteroatoms. The van der Waals surface area contributed by atoms with Crippen molar-refractivity contribution in [3.63, 3.8) is 0 Å². The van der Waals surface area contributed by atoms with Crippen LogP contribution in [0.2, 0.25) is 0 Å². The zero-order valence-electron chi connectivity index (χ0n) is 17.0. The molecule has 28 heavy (non-hydrogen) atoms. The molecule has 2 rings (SSSR count). The molecule has 0 fully saturated rings. The topological polar surface area (TPSA) is 75.7 Å². The van der Waals surface area contributed by atoms with Crippen LogP contribution in [-0.2, 0) is 21.4 Å². The van der Waals surface area contributed by atoms with Gasteiger partial charge in [-0.05, 0) is 68.7 Å². The highest BCUT2D eigenvalue weighted by atomic mass is 32.2. The van der Waals surface area contributed by atoms with Crippen LogP contribution in [0, 0.1) is 13.8 Å². The molecule has 1 amide bonds. The van der Waals surface area contributed by atoms with Gasteiger partial charge >= 0.3 is 0 Å². The Morgan fingerprint density at radius 3 is 2.36 bits per heavy atom. The Kier molecular flexibility index (Phi) is 7.07. The highest BCUT2D eigenvalue weighted by Gasteiger charge is 2.29. The highest BCUT2D eigenvalue weighted by molar-refractivity contribution is 7.92. The number of ether oxygens (including phenoxy) is 1. The van der Waals surface area contributed by atoms with Gasteiger partial charge in [0.05, 0.1) is 18.6 Å². The third-order valence-corrected chi connectivity index (χ3v) is 5.47. The summed E-state index contributed by atoms with van der Waals surface area (Å²) >= 11 is 0. The van der Waals surface area contributed by atoms with E-state index in [4.69, 9.17) is 4.74 Å². The van der Waals surface area contributed by atoms with Crippen molar-refractivity contribution in [1.82, 2.24) is 5.32 Å². The van der Waals surface area contributed by atoms with Crippen LogP contribution < -0.4 is 14.4 Å². The van der Waals surface area contributed by atoms with Crippen LogP contribution in [0.3, 0.4) is 0 Å². The number of benzene rings is 2. The number of sulfonamides is 1. The summed E-state index contributed by atoms with van der Waals surface area (Å²) in [4.78, 5) is 12.7. The summed E-state index contributed by atoms with van der Waals surface area (Å²) in [5.74, 6) is 0.363. The molecule has 0 aliphatic heterocycles. The van der Waals surface area contributed by atoms with Gasteiger partial charge in [-0.2, -0.15) is 0 Å². The molecule has 1 N–H and O–H groups in total. The molecule has 0 saturated heterocycles. The van der Waals surface area contributed by atoms with Gasteiger partial charge in [0.1, 0.15) is 11.8 Å². The van der Waals surface area contributed by atoms with E-state index in [1.54, 1.807) is 19.1 Å². The summed E-state index contributed by atoms with van der Waals surface area (Å²) in [6.45, 7) is 8.13. The van der Waals surface area contributed by atoms with Crippen molar-refractivity contribution in [2.75, 3.05) is 17.2 Å². The number of rotatable bonds is 8. The third kappa shape index (κ3) is 5.73. The summed E-state index contributed by atoms with van der Waals surface area (Å²) in [6, 6.07) is 12.0. The van der Waals surface area contributed by atoms with Crippen molar-refractivity contribution < 1.29 is 17.9 Å². The molecule has 0 saturated carbocycles. The van der Waals surface area contributed by atoms with Gasteiger partial charge in [0.25, 0.3) is 0 Å². The quantitative estimate of drug-likeness (QED) is 0.733. The van der Waals surface area contributed by atoms with Gasteiger partial charge in [-0.15, -0.1) is 0 Å². The fraction of sp³-hybridized carbons (Fsp3) is 0.381. The number of carbonyl (C=O) groups excluding carboxylic acids is 1. The fourth-order valence-electron chi connectivity index (χ4n) is 3.14. The number of anilines is 1. The number of aryl methyl sites for hydroxylation is 2. The first kappa shape index (κ1) is 21.8. The van der Waals surface area contributed by atoms with Crippen LogP contribution in [0.1, 0.15) is 30.5 Å². The van der Waals surface area contributed by atoms with E-state index in [1.807, 2.05) is 51.1 Å². The minimum atomic E-state index is -3.64. The van der Waals surface area contributed by atoms with Gasteiger partial charge in [-0.3, -0.25) is 9.10 Å². The molecular formula is C21H28N2O4S. The summed E-state index contributed by atoms with van der Waals surface area (Å²) < 4.78 is 31.5. The second-order valence-corrected chi connectivity index (χ2v) is 8.74. The van der Waals surface area contributed by atoms with Gasteiger partial charge in [0.15, 0.2) is 0 Å². The minimum Gasteiger partial charge on any atom is -0.494 e. The first-order chi connectivity index (χ1) is 13.1. The van der Waals surface area contributed by atoms with Crippen LogP contribution in [-0.4, -0.2) is 33.2 Å². The normalized spacial score (nSPS) is 12.3. The van der Waals surface area contributed by atoms with E-state index >= 15 is 0 Å². The summed E-state index contributed by atoms with van der Waals surface area (Å²) in [7, 11) is -3.64. The zero-order valence-corrected chi connectivity index (χ0v) is 17.8. The lowest BCUT2D eigenvalue weighted by Crippen LogP contribution is -2.47. The van der Waals surface area contributed by atoms with E-state index in [1.165, 1.54) is 4.31 Å². The van der Waals surface area contributed by atoms with E-state index < -0.39 is 16.1 Å². The first-order valence-corrected chi connectivity index (χ1v) is 11.0. The van der Waals surface area contributed by atoms with Crippen LogP contribution >= 0.6 is 0 Å². The molecule has 0 aliphatic carbocycles. The minimum absolute atomic E-state index is 0.286. The van der Waals surface area contributed by atoms with Gasteiger partial charge in [0, 0.05) is 6.54 Å². The average molecular weight is 405 g/mol. The molecule has 0 aliphatic rings. The molecule has 0 aromatic heterocycles. The molecule has 0 bridgehead atoms. The Morgan fingerprint density at radius 1 is 1.14 bits per heavy atom. The van der Waals surface area contributed by atoms with Crippen molar-refractivity contribution in [1.29, 1.82) is 0 Å². The summed E-state index contributed by atoms with van der Waals surface area (Å²) in [5, 5.41) is 2.82. The predicted molar refractivity (Wildman–Crippen MR) is 112 cm³/mol. The van der Waals surface area contributed by atoms with Crippen LogP contribution in [0.25, 0.3) is 0 Å². The molecule has 0 unspecified atom stereocenters. The largest absolute Gasteiger partial charge is 0.494 e. The molecule has 152 valence electrons. The monoisotopic (exact) mass is 404 g/mol.